The van der Waals surface area contributed by atoms with Gasteiger partial charge in [-0.2, -0.15) is 10.5 Å². The molecule has 19 heavy (non-hydrogen) atoms. The van der Waals surface area contributed by atoms with E-state index in [1.807, 2.05) is 0 Å². The molecule has 0 radical (unpaired) electrons. The smallest absolute Gasteiger partial charge is 0.101 e. The minimum atomic E-state index is 0.160. The Balaban J connectivity index is 2.39. The number of hydrogen-bond acceptors (Lipinski definition) is 4. The summed E-state index contributed by atoms with van der Waals surface area (Å²) in [5.41, 5.74) is 1.81. The number of benzene rings is 1. The SMILES string of the molecule is N#Cc1cccc(C#N)c1N1CCCCC(CO)C1. The molecule has 1 N–H and O–H groups in total. The number of nitrogens with zero attached hydrogens (tertiary/aromatic N) is 3. The third-order valence-corrected chi connectivity index (χ3v) is 3.62. The van der Waals surface area contributed by atoms with Crippen molar-refractivity contribution in [1.29, 1.82) is 10.5 Å². The van der Waals surface area contributed by atoms with Crippen molar-refractivity contribution in [2.24, 2.45) is 5.92 Å². The van der Waals surface area contributed by atoms with Crippen molar-refractivity contribution in [3.63, 3.8) is 0 Å². The highest BCUT2D eigenvalue weighted by atomic mass is 16.3. The summed E-state index contributed by atoms with van der Waals surface area (Å²) >= 11 is 0. The number of aliphatic hydroxyl groups is 1. The van der Waals surface area contributed by atoms with Gasteiger partial charge in [0.05, 0.1) is 16.8 Å². The normalized spacial score (nSPS) is 19.3. The minimum Gasteiger partial charge on any atom is -0.396 e. The van der Waals surface area contributed by atoms with Gasteiger partial charge in [0.15, 0.2) is 0 Å². The van der Waals surface area contributed by atoms with Crippen LogP contribution < -0.4 is 4.90 Å². The van der Waals surface area contributed by atoms with Crippen molar-refractivity contribution in [3.05, 3.63) is 29.3 Å². The quantitative estimate of drug-likeness (QED) is 0.877. The lowest BCUT2D eigenvalue weighted by molar-refractivity contribution is 0.223. The van der Waals surface area contributed by atoms with Crippen molar-refractivity contribution in [3.8, 4) is 12.1 Å². The fourth-order valence-electron chi connectivity index (χ4n) is 2.65. The highest BCUT2D eigenvalue weighted by Gasteiger charge is 2.22. The van der Waals surface area contributed by atoms with Crippen molar-refractivity contribution < 1.29 is 5.11 Å². The van der Waals surface area contributed by atoms with E-state index < -0.39 is 0 Å². The molecular weight excluding hydrogens is 238 g/mol. The lowest BCUT2D eigenvalue weighted by atomic mass is 10.0. The van der Waals surface area contributed by atoms with Gasteiger partial charge in [0.1, 0.15) is 12.1 Å². The molecular formula is C15H17N3O. The fourth-order valence-corrected chi connectivity index (χ4v) is 2.65. The minimum absolute atomic E-state index is 0.160. The number of para-hydroxylation sites is 1. The van der Waals surface area contributed by atoms with Gasteiger partial charge in [-0.3, -0.25) is 0 Å². The molecule has 4 heteroatoms. The van der Waals surface area contributed by atoms with Gasteiger partial charge in [0.2, 0.25) is 0 Å². The molecule has 1 aliphatic heterocycles. The third-order valence-electron chi connectivity index (χ3n) is 3.62. The number of anilines is 1. The van der Waals surface area contributed by atoms with E-state index in [-0.39, 0.29) is 12.5 Å². The maximum atomic E-state index is 9.38. The predicted molar refractivity (Wildman–Crippen MR) is 72.5 cm³/mol. The van der Waals surface area contributed by atoms with Crippen molar-refractivity contribution >= 4 is 5.69 Å². The van der Waals surface area contributed by atoms with Gasteiger partial charge in [-0.15, -0.1) is 0 Å². The monoisotopic (exact) mass is 255 g/mol. The van der Waals surface area contributed by atoms with Crippen LogP contribution in [-0.4, -0.2) is 24.8 Å². The molecule has 1 aromatic carbocycles. The molecule has 0 aliphatic carbocycles. The summed E-state index contributed by atoms with van der Waals surface area (Å²) < 4.78 is 0. The van der Waals surface area contributed by atoms with Gasteiger partial charge in [-0.25, -0.2) is 0 Å². The Labute approximate surface area is 113 Å². The summed E-state index contributed by atoms with van der Waals surface area (Å²) in [6.45, 7) is 1.71. The summed E-state index contributed by atoms with van der Waals surface area (Å²) in [6, 6.07) is 9.56. The molecule has 1 aliphatic rings. The first-order chi connectivity index (χ1) is 9.30. The lowest BCUT2D eigenvalue weighted by Crippen LogP contribution is -2.31. The fraction of sp³-hybridized carbons (Fsp3) is 0.467. The lowest BCUT2D eigenvalue weighted by Gasteiger charge is -2.27. The molecule has 1 atom stereocenters. The average molecular weight is 255 g/mol. The predicted octanol–water partition coefficient (Wildman–Crippen LogP) is 2.03. The molecule has 0 aromatic heterocycles. The van der Waals surface area contributed by atoms with Crippen LogP contribution in [0.5, 0.6) is 0 Å². The average Bonchev–Trinajstić information content (AvgIpc) is 2.71. The van der Waals surface area contributed by atoms with Crippen LogP contribution in [0.1, 0.15) is 30.4 Å². The largest absolute Gasteiger partial charge is 0.396 e. The number of nitriles is 2. The van der Waals surface area contributed by atoms with E-state index >= 15 is 0 Å². The molecule has 0 amide bonds. The Hall–Kier alpha value is -2.04. The molecule has 1 fully saturated rings. The van der Waals surface area contributed by atoms with Crippen molar-refractivity contribution in [2.45, 2.75) is 19.3 Å². The van der Waals surface area contributed by atoms with Crippen LogP contribution in [0.15, 0.2) is 18.2 Å². The van der Waals surface area contributed by atoms with Crippen LogP contribution >= 0.6 is 0 Å². The Morgan fingerprint density at radius 2 is 1.89 bits per heavy atom. The first kappa shape index (κ1) is 13.4. The van der Waals surface area contributed by atoms with E-state index in [2.05, 4.69) is 17.0 Å². The Bertz CT molecular complexity index is 495. The zero-order valence-electron chi connectivity index (χ0n) is 10.8. The number of aliphatic hydroxyl groups excluding tert-OH is 1. The van der Waals surface area contributed by atoms with E-state index in [4.69, 9.17) is 0 Å². The van der Waals surface area contributed by atoms with Gasteiger partial charge in [-0.1, -0.05) is 12.5 Å². The van der Waals surface area contributed by atoms with Crippen LogP contribution in [0.3, 0.4) is 0 Å². The van der Waals surface area contributed by atoms with Crippen LogP contribution in [0, 0.1) is 28.6 Å². The maximum Gasteiger partial charge on any atom is 0.101 e. The van der Waals surface area contributed by atoms with Crippen LogP contribution in [0.2, 0.25) is 0 Å². The number of rotatable bonds is 2. The molecule has 2 rings (SSSR count). The highest BCUT2D eigenvalue weighted by molar-refractivity contribution is 5.68. The van der Waals surface area contributed by atoms with Gasteiger partial charge in [0.25, 0.3) is 0 Å². The second kappa shape index (κ2) is 6.22. The standard InChI is InChI=1S/C15H17N3O/c16-8-13-5-3-6-14(9-17)15(13)18-7-2-1-4-12(10-18)11-19/h3,5-6,12,19H,1-2,4,7,10-11H2. The Morgan fingerprint density at radius 3 is 2.47 bits per heavy atom. The highest BCUT2D eigenvalue weighted by Crippen LogP contribution is 2.28. The van der Waals surface area contributed by atoms with Crippen LogP contribution in [0.4, 0.5) is 5.69 Å². The molecule has 0 bridgehead atoms. The molecule has 1 heterocycles. The molecule has 1 saturated heterocycles. The van der Waals surface area contributed by atoms with Crippen LogP contribution in [0.25, 0.3) is 0 Å². The summed E-state index contributed by atoms with van der Waals surface area (Å²) in [6.07, 6.45) is 3.11. The maximum absolute atomic E-state index is 9.38. The second-order valence-electron chi connectivity index (χ2n) is 4.92. The first-order valence-corrected chi connectivity index (χ1v) is 6.59. The Kier molecular flexibility index (Phi) is 4.39. The molecule has 98 valence electrons. The second-order valence-corrected chi connectivity index (χ2v) is 4.92. The molecule has 0 saturated carbocycles. The zero-order chi connectivity index (χ0) is 13.7. The number of hydrogen-bond donors (Lipinski definition) is 1. The van der Waals surface area contributed by atoms with Crippen molar-refractivity contribution in [2.75, 3.05) is 24.6 Å². The van der Waals surface area contributed by atoms with E-state index in [1.165, 1.54) is 0 Å². The van der Waals surface area contributed by atoms with Gasteiger partial charge >= 0.3 is 0 Å². The van der Waals surface area contributed by atoms with Gasteiger partial charge in [-0.05, 0) is 30.9 Å². The van der Waals surface area contributed by atoms with Crippen LogP contribution in [-0.2, 0) is 0 Å². The van der Waals surface area contributed by atoms with Gasteiger partial charge < -0.3 is 10.0 Å². The summed E-state index contributed by atoms with van der Waals surface area (Å²) in [4.78, 5) is 2.09. The molecule has 1 unspecified atom stereocenters. The Morgan fingerprint density at radius 1 is 1.21 bits per heavy atom. The third kappa shape index (κ3) is 2.86. The van der Waals surface area contributed by atoms with E-state index in [9.17, 15) is 15.6 Å². The molecule has 0 spiro atoms. The van der Waals surface area contributed by atoms with E-state index in [0.29, 0.717) is 17.7 Å². The first-order valence-electron chi connectivity index (χ1n) is 6.59. The molecule has 4 nitrogen and oxygen atoms in total. The van der Waals surface area contributed by atoms with E-state index in [0.717, 1.165) is 31.5 Å². The molecule has 1 aromatic rings. The zero-order valence-corrected chi connectivity index (χ0v) is 10.8. The summed E-state index contributed by atoms with van der Waals surface area (Å²) in [5, 5.41) is 27.8. The van der Waals surface area contributed by atoms with E-state index in [1.54, 1.807) is 18.2 Å². The van der Waals surface area contributed by atoms with Crippen molar-refractivity contribution in [1.82, 2.24) is 0 Å². The summed E-state index contributed by atoms with van der Waals surface area (Å²) in [5.74, 6) is 0.223. The topological polar surface area (TPSA) is 71.0 Å². The summed E-state index contributed by atoms with van der Waals surface area (Å²) in [7, 11) is 0. The van der Waals surface area contributed by atoms with Gasteiger partial charge in [0, 0.05) is 19.7 Å².